The van der Waals surface area contributed by atoms with Crippen LogP contribution in [0.1, 0.15) is 11.1 Å². The molecule has 0 aromatic heterocycles. The second kappa shape index (κ2) is 10.4. The molecule has 2 N–H and O–H groups in total. The Kier molecular flexibility index (Phi) is 7.41. The number of primary amides is 1. The molecule has 1 fully saturated rings. The highest BCUT2D eigenvalue weighted by atomic mass is 16.5. The minimum absolute atomic E-state index is 0.0294. The molecular formula is C23H27N3O3. The van der Waals surface area contributed by atoms with Crippen LogP contribution >= 0.6 is 0 Å². The molecule has 1 aliphatic rings. The van der Waals surface area contributed by atoms with Gasteiger partial charge in [-0.2, -0.15) is 0 Å². The largest absolute Gasteiger partial charge is 0.484 e. The molecule has 0 atom stereocenters. The van der Waals surface area contributed by atoms with E-state index in [1.807, 2.05) is 23.1 Å². The van der Waals surface area contributed by atoms with Crippen LogP contribution in [-0.4, -0.2) is 60.9 Å². The average Bonchev–Trinajstić information content (AvgIpc) is 2.76. The maximum Gasteiger partial charge on any atom is 0.255 e. The van der Waals surface area contributed by atoms with Gasteiger partial charge in [-0.3, -0.25) is 14.5 Å². The minimum Gasteiger partial charge on any atom is -0.484 e. The second-order valence-corrected chi connectivity index (χ2v) is 7.06. The van der Waals surface area contributed by atoms with Crippen molar-refractivity contribution in [2.75, 3.05) is 39.3 Å². The van der Waals surface area contributed by atoms with Crippen molar-refractivity contribution in [3.8, 4) is 5.75 Å². The van der Waals surface area contributed by atoms with Gasteiger partial charge in [0.1, 0.15) is 5.75 Å². The topological polar surface area (TPSA) is 75.9 Å². The lowest BCUT2D eigenvalue weighted by Crippen LogP contribution is -2.48. The summed E-state index contributed by atoms with van der Waals surface area (Å²) in [5, 5.41) is 0. The van der Waals surface area contributed by atoms with E-state index >= 15 is 0 Å². The molecule has 0 radical (unpaired) electrons. The zero-order valence-electron chi connectivity index (χ0n) is 16.5. The molecule has 2 amide bonds. The molecule has 0 spiro atoms. The quantitative estimate of drug-likeness (QED) is 0.696. The molecule has 6 heteroatoms. The lowest BCUT2D eigenvalue weighted by atomic mass is 10.1. The van der Waals surface area contributed by atoms with Crippen molar-refractivity contribution in [1.82, 2.24) is 9.80 Å². The summed E-state index contributed by atoms with van der Waals surface area (Å²) in [4.78, 5) is 27.5. The number of ether oxygens (including phenoxy) is 1. The van der Waals surface area contributed by atoms with Gasteiger partial charge < -0.3 is 15.4 Å². The highest BCUT2D eigenvalue weighted by Crippen LogP contribution is 2.13. The molecule has 0 aliphatic carbocycles. The Bertz CT molecular complexity index is 826. The first-order chi connectivity index (χ1) is 14.1. The predicted octanol–water partition coefficient (Wildman–Crippen LogP) is 1.95. The first-order valence-electron chi connectivity index (χ1n) is 9.84. The van der Waals surface area contributed by atoms with Crippen molar-refractivity contribution in [3.05, 3.63) is 71.8 Å². The van der Waals surface area contributed by atoms with E-state index in [4.69, 9.17) is 10.5 Å². The number of hydrogen-bond acceptors (Lipinski definition) is 4. The van der Waals surface area contributed by atoms with Gasteiger partial charge in [-0.05, 0) is 35.8 Å². The molecule has 0 unspecified atom stereocenters. The van der Waals surface area contributed by atoms with Crippen LogP contribution in [0, 0.1) is 0 Å². The van der Waals surface area contributed by atoms with Crippen LogP contribution in [0.2, 0.25) is 0 Å². The number of rotatable bonds is 8. The summed E-state index contributed by atoms with van der Waals surface area (Å²) in [7, 11) is 0. The molecule has 1 aliphatic heterocycles. The molecule has 2 aromatic carbocycles. The van der Waals surface area contributed by atoms with E-state index in [0.29, 0.717) is 5.75 Å². The summed E-state index contributed by atoms with van der Waals surface area (Å²) < 4.78 is 5.22. The zero-order valence-corrected chi connectivity index (χ0v) is 16.5. The van der Waals surface area contributed by atoms with E-state index < -0.39 is 5.91 Å². The van der Waals surface area contributed by atoms with Gasteiger partial charge in [0.15, 0.2) is 6.61 Å². The summed E-state index contributed by atoms with van der Waals surface area (Å²) in [5.41, 5.74) is 7.30. The highest BCUT2D eigenvalue weighted by Gasteiger charge is 2.19. The molecule has 152 valence electrons. The highest BCUT2D eigenvalue weighted by molar-refractivity contribution is 5.91. The third-order valence-corrected chi connectivity index (χ3v) is 4.92. The summed E-state index contributed by atoms with van der Waals surface area (Å²) in [6.07, 6.45) is 4.44. The maximum absolute atomic E-state index is 12.4. The van der Waals surface area contributed by atoms with Crippen molar-refractivity contribution >= 4 is 17.9 Å². The Hall–Kier alpha value is -3.12. The molecule has 2 aromatic rings. The summed E-state index contributed by atoms with van der Waals surface area (Å²) in [6, 6.07) is 17.6. The van der Waals surface area contributed by atoms with E-state index in [2.05, 4.69) is 29.2 Å². The van der Waals surface area contributed by atoms with Crippen molar-refractivity contribution in [3.63, 3.8) is 0 Å². The fourth-order valence-corrected chi connectivity index (χ4v) is 3.23. The summed E-state index contributed by atoms with van der Waals surface area (Å²) in [5.74, 6) is 0.0837. The average molecular weight is 393 g/mol. The Morgan fingerprint density at radius 3 is 2.31 bits per heavy atom. The standard InChI is InChI=1S/C23H27N3O3/c24-22(27)18-29-21-9-6-20(7-10-21)8-11-23(28)26-16-14-25(15-17-26)13-12-19-4-2-1-3-5-19/h1-11H,12-18H2,(H2,24,27)/b11-8+. The number of carbonyl (C=O) groups excluding carboxylic acids is 2. The maximum atomic E-state index is 12.4. The molecule has 1 saturated heterocycles. The SMILES string of the molecule is NC(=O)COc1ccc(/C=C/C(=O)N2CCN(CCc3ccccc3)CC2)cc1. The van der Waals surface area contributed by atoms with Crippen LogP contribution in [0.3, 0.4) is 0 Å². The molecular weight excluding hydrogens is 366 g/mol. The van der Waals surface area contributed by atoms with Gasteiger partial charge in [-0.1, -0.05) is 42.5 Å². The molecule has 29 heavy (non-hydrogen) atoms. The number of amides is 2. The van der Waals surface area contributed by atoms with Crippen molar-refractivity contribution in [2.24, 2.45) is 5.73 Å². The summed E-state index contributed by atoms with van der Waals surface area (Å²) >= 11 is 0. The Balaban J connectivity index is 1.41. The van der Waals surface area contributed by atoms with Gasteiger partial charge in [-0.25, -0.2) is 0 Å². The third-order valence-electron chi connectivity index (χ3n) is 4.92. The van der Waals surface area contributed by atoms with Gasteiger partial charge in [0, 0.05) is 38.8 Å². The number of nitrogens with zero attached hydrogens (tertiary/aromatic N) is 2. The van der Waals surface area contributed by atoms with Crippen LogP contribution in [0.5, 0.6) is 5.75 Å². The third kappa shape index (κ3) is 6.76. The van der Waals surface area contributed by atoms with Gasteiger partial charge in [0.2, 0.25) is 5.91 Å². The van der Waals surface area contributed by atoms with E-state index in [1.54, 1.807) is 24.3 Å². The van der Waals surface area contributed by atoms with E-state index in [0.717, 1.165) is 44.7 Å². The fraction of sp³-hybridized carbons (Fsp3) is 0.304. The first-order valence-corrected chi connectivity index (χ1v) is 9.84. The van der Waals surface area contributed by atoms with Crippen molar-refractivity contribution in [2.45, 2.75) is 6.42 Å². The monoisotopic (exact) mass is 393 g/mol. The molecule has 0 saturated carbocycles. The first kappa shape index (κ1) is 20.6. The molecule has 1 heterocycles. The van der Waals surface area contributed by atoms with E-state index in [9.17, 15) is 9.59 Å². The smallest absolute Gasteiger partial charge is 0.255 e. The minimum atomic E-state index is -0.514. The number of carbonyl (C=O) groups is 2. The van der Waals surface area contributed by atoms with Gasteiger partial charge >= 0.3 is 0 Å². The fourth-order valence-electron chi connectivity index (χ4n) is 3.23. The second-order valence-electron chi connectivity index (χ2n) is 7.06. The van der Waals surface area contributed by atoms with Crippen LogP contribution in [0.25, 0.3) is 6.08 Å². The normalized spacial score (nSPS) is 14.8. The lowest BCUT2D eigenvalue weighted by molar-refractivity contribution is -0.127. The number of benzene rings is 2. The number of nitrogens with two attached hydrogens (primary N) is 1. The number of hydrogen-bond donors (Lipinski definition) is 1. The van der Waals surface area contributed by atoms with Crippen LogP contribution in [0.15, 0.2) is 60.7 Å². The van der Waals surface area contributed by atoms with E-state index in [1.165, 1.54) is 5.56 Å². The lowest BCUT2D eigenvalue weighted by Gasteiger charge is -2.34. The van der Waals surface area contributed by atoms with Gasteiger partial charge in [0.05, 0.1) is 0 Å². The van der Waals surface area contributed by atoms with Gasteiger partial charge in [0.25, 0.3) is 5.91 Å². The van der Waals surface area contributed by atoms with E-state index in [-0.39, 0.29) is 12.5 Å². The summed E-state index contributed by atoms with van der Waals surface area (Å²) in [6.45, 7) is 4.17. The Morgan fingerprint density at radius 2 is 1.66 bits per heavy atom. The molecule has 0 bridgehead atoms. The Morgan fingerprint density at radius 1 is 0.966 bits per heavy atom. The molecule has 6 nitrogen and oxygen atoms in total. The van der Waals surface area contributed by atoms with Crippen LogP contribution < -0.4 is 10.5 Å². The zero-order chi connectivity index (χ0) is 20.5. The Labute approximate surface area is 171 Å². The number of piperazine rings is 1. The van der Waals surface area contributed by atoms with Crippen LogP contribution in [0.4, 0.5) is 0 Å². The predicted molar refractivity (Wildman–Crippen MR) is 113 cm³/mol. The molecule has 3 rings (SSSR count). The van der Waals surface area contributed by atoms with Gasteiger partial charge in [-0.15, -0.1) is 0 Å². The van der Waals surface area contributed by atoms with Crippen molar-refractivity contribution in [1.29, 1.82) is 0 Å². The van der Waals surface area contributed by atoms with Crippen molar-refractivity contribution < 1.29 is 14.3 Å². The van der Waals surface area contributed by atoms with Crippen LogP contribution in [-0.2, 0) is 16.0 Å².